The van der Waals surface area contributed by atoms with Gasteiger partial charge in [0.2, 0.25) is 0 Å². The Kier molecular flexibility index (Phi) is 4.00. The van der Waals surface area contributed by atoms with Crippen LogP contribution < -0.4 is 0 Å². The summed E-state index contributed by atoms with van der Waals surface area (Å²) in [5.74, 6) is -0.350. The van der Waals surface area contributed by atoms with Crippen LogP contribution in [0.15, 0.2) is 16.6 Å². The molecule has 1 rings (SSSR count). The number of benzene rings is 1. The molecule has 0 fully saturated rings. The van der Waals surface area contributed by atoms with Gasteiger partial charge in [-0.1, -0.05) is 0 Å². The Morgan fingerprint density at radius 1 is 1.50 bits per heavy atom. The topological polar surface area (TPSA) is 17.1 Å². The van der Waals surface area contributed by atoms with Crippen LogP contribution in [0.1, 0.15) is 29.3 Å². The number of Topliss-reactive ketones (excluding diaryl/α,β-unsaturated/α-hetero) is 1. The molecule has 1 aromatic carbocycles. The molecule has 0 aliphatic rings. The molecule has 0 heterocycles. The third-order valence-electron chi connectivity index (χ3n) is 1.71. The Bertz CT molecular complexity index is 379. The first-order valence-electron chi connectivity index (χ1n) is 3.71. The van der Waals surface area contributed by atoms with Crippen LogP contribution in [-0.2, 0) is 0 Å². The first-order chi connectivity index (χ1) is 6.43. The Morgan fingerprint density at radius 2 is 2.07 bits per heavy atom. The summed E-state index contributed by atoms with van der Waals surface area (Å²) in [4.78, 5) is 11.1. The van der Waals surface area contributed by atoms with E-state index in [-0.39, 0.29) is 16.9 Å². The summed E-state index contributed by atoms with van der Waals surface area (Å²) in [5.41, 5.74) is -0.127. The first kappa shape index (κ1) is 12.0. The van der Waals surface area contributed by atoms with Gasteiger partial charge in [-0.05, 0) is 57.6 Å². The minimum absolute atomic E-state index is 0.0762. The SMILES string of the molecule is CC(=O)c1cc(Br)c(I)cc1C(F)F. The highest BCUT2D eigenvalue weighted by atomic mass is 127. The lowest BCUT2D eigenvalue weighted by atomic mass is 10.1. The smallest absolute Gasteiger partial charge is 0.264 e. The van der Waals surface area contributed by atoms with E-state index in [4.69, 9.17) is 0 Å². The number of hydrogen-bond acceptors (Lipinski definition) is 1. The van der Waals surface area contributed by atoms with Crippen molar-refractivity contribution in [3.05, 3.63) is 31.3 Å². The van der Waals surface area contributed by atoms with Crippen LogP contribution in [0.4, 0.5) is 8.78 Å². The molecule has 0 aliphatic heterocycles. The average molecular weight is 375 g/mol. The van der Waals surface area contributed by atoms with E-state index in [1.807, 2.05) is 22.6 Å². The van der Waals surface area contributed by atoms with Crippen molar-refractivity contribution >= 4 is 44.3 Å². The van der Waals surface area contributed by atoms with Crippen molar-refractivity contribution in [1.29, 1.82) is 0 Å². The van der Waals surface area contributed by atoms with Gasteiger partial charge in [-0.2, -0.15) is 0 Å². The normalized spacial score (nSPS) is 10.7. The fraction of sp³-hybridized carbons (Fsp3) is 0.222. The van der Waals surface area contributed by atoms with Crippen molar-refractivity contribution in [3.8, 4) is 0 Å². The maximum atomic E-state index is 12.5. The maximum Gasteiger partial charge on any atom is 0.264 e. The predicted molar refractivity (Wildman–Crippen MR) is 61.8 cm³/mol. The minimum Gasteiger partial charge on any atom is -0.294 e. The van der Waals surface area contributed by atoms with Crippen LogP contribution >= 0.6 is 38.5 Å². The molecule has 0 bridgehead atoms. The summed E-state index contributed by atoms with van der Waals surface area (Å²) in [6, 6.07) is 2.76. The molecule has 1 nitrogen and oxygen atoms in total. The summed E-state index contributed by atoms with van der Waals surface area (Å²) in [5, 5.41) is 0. The zero-order valence-electron chi connectivity index (χ0n) is 7.15. The van der Waals surface area contributed by atoms with Crippen LogP contribution in [0.3, 0.4) is 0 Å². The van der Waals surface area contributed by atoms with Crippen molar-refractivity contribution in [2.24, 2.45) is 0 Å². The molecule has 14 heavy (non-hydrogen) atoms. The Morgan fingerprint density at radius 3 is 2.50 bits per heavy atom. The van der Waals surface area contributed by atoms with Gasteiger partial charge < -0.3 is 0 Å². The van der Waals surface area contributed by atoms with Crippen LogP contribution in [0, 0.1) is 3.57 Å². The second-order valence-electron chi connectivity index (χ2n) is 2.71. The average Bonchev–Trinajstić information content (AvgIpc) is 2.08. The minimum atomic E-state index is -2.62. The van der Waals surface area contributed by atoms with Gasteiger partial charge in [0.15, 0.2) is 5.78 Å². The number of carbonyl (C=O) groups is 1. The van der Waals surface area contributed by atoms with E-state index < -0.39 is 6.43 Å². The standard InChI is InChI=1S/C9H6BrF2IO/c1-4(14)5-2-7(10)8(13)3-6(5)9(11)12/h2-3,9H,1H3. The molecular weight excluding hydrogens is 369 g/mol. The van der Waals surface area contributed by atoms with E-state index in [1.54, 1.807) is 0 Å². The molecule has 5 heteroatoms. The van der Waals surface area contributed by atoms with Gasteiger partial charge in [-0.3, -0.25) is 4.79 Å². The van der Waals surface area contributed by atoms with E-state index in [0.29, 0.717) is 8.04 Å². The largest absolute Gasteiger partial charge is 0.294 e. The van der Waals surface area contributed by atoms with E-state index in [0.717, 1.165) is 0 Å². The summed E-state index contributed by atoms with van der Waals surface area (Å²) in [6.45, 7) is 1.28. The Hall–Kier alpha value is -0.0400. The van der Waals surface area contributed by atoms with Crippen molar-refractivity contribution < 1.29 is 13.6 Å². The van der Waals surface area contributed by atoms with Gasteiger partial charge in [-0.15, -0.1) is 0 Å². The number of alkyl halides is 2. The lowest BCUT2D eigenvalue weighted by Gasteiger charge is -2.07. The second-order valence-corrected chi connectivity index (χ2v) is 4.73. The molecule has 0 saturated carbocycles. The summed E-state index contributed by atoms with van der Waals surface area (Å²) < 4.78 is 26.4. The van der Waals surface area contributed by atoms with Gasteiger partial charge in [0.25, 0.3) is 6.43 Å². The number of carbonyl (C=O) groups excluding carboxylic acids is 1. The van der Waals surface area contributed by atoms with E-state index >= 15 is 0 Å². The molecule has 76 valence electrons. The van der Waals surface area contributed by atoms with Gasteiger partial charge in [0, 0.05) is 19.2 Å². The van der Waals surface area contributed by atoms with Crippen molar-refractivity contribution in [2.45, 2.75) is 13.3 Å². The number of hydrogen-bond donors (Lipinski definition) is 0. The quantitative estimate of drug-likeness (QED) is 0.560. The third-order valence-corrected chi connectivity index (χ3v) is 4.00. The van der Waals surface area contributed by atoms with E-state index in [9.17, 15) is 13.6 Å². The number of halogens is 4. The van der Waals surface area contributed by atoms with Gasteiger partial charge >= 0.3 is 0 Å². The number of ketones is 1. The van der Waals surface area contributed by atoms with Crippen LogP contribution in [0.5, 0.6) is 0 Å². The molecule has 1 aromatic rings. The summed E-state index contributed by atoms with van der Waals surface area (Å²) >= 11 is 5.12. The van der Waals surface area contributed by atoms with E-state index in [1.165, 1.54) is 19.1 Å². The van der Waals surface area contributed by atoms with Gasteiger partial charge in [0.1, 0.15) is 0 Å². The van der Waals surface area contributed by atoms with Crippen molar-refractivity contribution in [1.82, 2.24) is 0 Å². The highest BCUT2D eigenvalue weighted by molar-refractivity contribution is 14.1. The summed E-state index contributed by atoms with van der Waals surface area (Å²) in [6.07, 6.45) is -2.62. The fourth-order valence-electron chi connectivity index (χ4n) is 1.05. The predicted octanol–water partition coefficient (Wildman–Crippen LogP) is 4.19. The monoisotopic (exact) mass is 374 g/mol. The van der Waals surface area contributed by atoms with Gasteiger partial charge in [0.05, 0.1) is 0 Å². The van der Waals surface area contributed by atoms with Crippen molar-refractivity contribution in [2.75, 3.05) is 0 Å². The first-order valence-corrected chi connectivity index (χ1v) is 5.58. The molecule has 0 spiro atoms. The molecule has 0 aromatic heterocycles. The zero-order chi connectivity index (χ0) is 10.9. The number of rotatable bonds is 2. The molecule has 0 atom stereocenters. The second kappa shape index (κ2) is 4.65. The zero-order valence-corrected chi connectivity index (χ0v) is 10.9. The highest BCUT2D eigenvalue weighted by Gasteiger charge is 2.17. The molecule has 0 aliphatic carbocycles. The fourth-order valence-corrected chi connectivity index (χ4v) is 1.88. The highest BCUT2D eigenvalue weighted by Crippen LogP contribution is 2.30. The molecule has 0 amide bonds. The lowest BCUT2D eigenvalue weighted by molar-refractivity contribution is 0.0999. The lowest BCUT2D eigenvalue weighted by Crippen LogP contribution is -2.01. The Labute approximate surface area is 102 Å². The Balaban J connectivity index is 3.39. The maximum absolute atomic E-state index is 12.5. The summed E-state index contributed by atoms with van der Waals surface area (Å²) in [7, 11) is 0. The van der Waals surface area contributed by atoms with Crippen molar-refractivity contribution in [3.63, 3.8) is 0 Å². The van der Waals surface area contributed by atoms with Crippen LogP contribution in [-0.4, -0.2) is 5.78 Å². The third kappa shape index (κ3) is 2.50. The van der Waals surface area contributed by atoms with E-state index in [2.05, 4.69) is 15.9 Å². The van der Waals surface area contributed by atoms with Crippen LogP contribution in [0.2, 0.25) is 0 Å². The molecule has 0 radical (unpaired) electrons. The van der Waals surface area contributed by atoms with Crippen LogP contribution in [0.25, 0.3) is 0 Å². The van der Waals surface area contributed by atoms with Gasteiger partial charge in [-0.25, -0.2) is 8.78 Å². The molecule has 0 N–H and O–H groups in total. The molecule has 0 unspecified atom stereocenters. The molecular formula is C9H6BrF2IO. The molecule has 0 saturated heterocycles.